The lowest BCUT2D eigenvalue weighted by Crippen LogP contribution is -2.34. The van der Waals surface area contributed by atoms with E-state index in [0.29, 0.717) is 17.3 Å². The van der Waals surface area contributed by atoms with Crippen LogP contribution < -0.4 is 5.56 Å². The molecular formula is C15H18N2O4S. The molecule has 2 aromatic rings. The van der Waals surface area contributed by atoms with Crippen LogP contribution in [0.5, 0.6) is 5.75 Å². The number of hydrogen-bond donors (Lipinski definition) is 2. The van der Waals surface area contributed by atoms with E-state index >= 15 is 0 Å². The molecule has 0 saturated carbocycles. The van der Waals surface area contributed by atoms with Crippen molar-refractivity contribution in [3.8, 4) is 5.75 Å². The number of aromatic hydroxyl groups is 1. The molecule has 1 atom stereocenters. The van der Waals surface area contributed by atoms with Crippen LogP contribution in [0.25, 0.3) is 10.9 Å². The van der Waals surface area contributed by atoms with Gasteiger partial charge in [-0.1, -0.05) is 12.1 Å². The fourth-order valence-corrected chi connectivity index (χ4v) is 4.72. The second-order valence-electron chi connectivity index (χ2n) is 5.80. The van der Waals surface area contributed by atoms with Gasteiger partial charge in [-0.15, -0.1) is 0 Å². The molecule has 0 radical (unpaired) electrons. The van der Waals surface area contributed by atoms with Crippen molar-refractivity contribution in [2.24, 2.45) is 0 Å². The quantitative estimate of drug-likeness (QED) is 0.874. The first kappa shape index (κ1) is 15.1. The number of para-hydroxylation sites is 1. The molecule has 1 saturated heterocycles. The molecule has 0 amide bonds. The van der Waals surface area contributed by atoms with Gasteiger partial charge in [0.15, 0.2) is 9.84 Å². The van der Waals surface area contributed by atoms with Gasteiger partial charge >= 0.3 is 0 Å². The summed E-state index contributed by atoms with van der Waals surface area (Å²) in [5.41, 5.74) is 0.509. The summed E-state index contributed by atoms with van der Waals surface area (Å²) in [6.07, 6.45) is 0.561. The molecule has 1 aromatic heterocycles. The van der Waals surface area contributed by atoms with Crippen LogP contribution in [0.1, 0.15) is 12.0 Å². The van der Waals surface area contributed by atoms with Crippen molar-refractivity contribution >= 4 is 20.7 Å². The molecule has 0 spiro atoms. The van der Waals surface area contributed by atoms with Crippen LogP contribution >= 0.6 is 0 Å². The van der Waals surface area contributed by atoms with Gasteiger partial charge in [-0.2, -0.15) is 0 Å². The summed E-state index contributed by atoms with van der Waals surface area (Å²) in [5, 5.41) is 10.9. The number of rotatable bonds is 3. The van der Waals surface area contributed by atoms with Crippen molar-refractivity contribution in [1.29, 1.82) is 0 Å². The lowest BCUT2D eigenvalue weighted by atomic mass is 10.1. The van der Waals surface area contributed by atoms with Crippen molar-refractivity contribution in [1.82, 2.24) is 9.88 Å². The van der Waals surface area contributed by atoms with Crippen LogP contribution in [0, 0.1) is 0 Å². The average Bonchev–Trinajstić information content (AvgIpc) is 2.83. The average molecular weight is 322 g/mol. The standard InChI is InChI=1S/C15H18N2O4S/c1-17(10-6-7-22(20,21)9-10)8-12-14(18)11-4-2-3-5-13(11)16-15(12)19/h2-5,10H,6-9H2,1H3,(H2,16,18,19)/t10-/m1/s1. The normalized spacial score (nSPS) is 20.7. The monoisotopic (exact) mass is 322 g/mol. The Bertz CT molecular complexity index is 873. The number of H-pyrrole nitrogens is 1. The van der Waals surface area contributed by atoms with E-state index < -0.39 is 9.84 Å². The number of nitrogens with one attached hydrogen (secondary N) is 1. The van der Waals surface area contributed by atoms with Crippen molar-refractivity contribution in [3.63, 3.8) is 0 Å². The number of sulfone groups is 1. The van der Waals surface area contributed by atoms with Crippen molar-refractivity contribution in [2.75, 3.05) is 18.6 Å². The first-order valence-electron chi connectivity index (χ1n) is 7.11. The largest absolute Gasteiger partial charge is 0.507 e. The minimum Gasteiger partial charge on any atom is -0.507 e. The topological polar surface area (TPSA) is 90.5 Å². The molecule has 2 heterocycles. The molecule has 0 unspecified atom stereocenters. The highest BCUT2D eigenvalue weighted by Gasteiger charge is 2.31. The fraction of sp³-hybridized carbons (Fsp3) is 0.400. The molecule has 1 aromatic carbocycles. The lowest BCUT2D eigenvalue weighted by molar-refractivity contribution is 0.250. The minimum absolute atomic E-state index is 0.0351. The predicted molar refractivity (Wildman–Crippen MR) is 84.8 cm³/mol. The second kappa shape index (κ2) is 5.40. The summed E-state index contributed by atoms with van der Waals surface area (Å²) in [4.78, 5) is 16.7. The van der Waals surface area contributed by atoms with Crippen molar-refractivity contribution in [2.45, 2.75) is 19.0 Å². The summed E-state index contributed by atoms with van der Waals surface area (Å²) in [5.74, 6) is 0.254. The van der Waals surface area contributed by atoms with E-state index in [-0.39, 0.29) is 41.0 Å². The zero-order valence-corrected chi connectivity index (χ0v) is 13.1. The summed E-state index contributed by atoms with van der Waals surface area (Å²) in [7, 11) is -1.20. The number of hydrogen-bond acceptors (Lipinski definition) is 5. The molecule has 1 aliphatic heterocycles. The van der Waals surface area contributed by atoms with E-state index in [0.717, 1.165) is 0 Å². The van der Waals surface area contributed by atoms with E-state index in [4.69, 9.17) is 0 Å². The van der Waals surface area contributed by atoms with Crippen molar-refractivity contribution < 1.29 is 13.5 Å². The molecule has 3 rings (SSSR count). The van der Waals surface area contributed by atoms with E-state index in [9.17, 15) is 18.3 Å². The second-order valence-corrected chi connectivity index (χ2v) is 8.03. The zero-order valence-electron chi connectivity index (χ0n) is 12.2. The number of nitrogens with zero attached hydrogens (tertiary/aromatic N) is 1. The third-order valence-corrected chi connectivity index (χ3v) is 5.98. The molecule has 0 aliphatic carbocycles. The molecule has 7 heteroatoms. The maximum absolute atomic E-state index is 12.2. The summed E-state index contributed by atoms with van der Waals surface area (Å²) >= 11 is 0. The number of aromatic nitrogens is 1. The van der Waals surface area contributed by atoms with Gasteiger partial charge in [-0.3, -0.25) is 9.69 Å². The maximum Gasteiger partial charge on any atom is 0.256 e. The lowest BCUT2D eigenvalue weighted by Gasteiger charge is -2.23. The van der Waals surface area contributed by atoms with Gasteiger partial charge in [0.05, 0.1) is 22.6 Å². The molecule has 1 fully saturated rings. The van der Waals surface area contributed by atoms with Gasteiger partial charge in [0, 0.05) is 18.0 Å². The van der Waals surface area contributed by atoms with Gasteiger partial charge < -0.3 is 10.1 Å². The van der Waals surface area contributed by atoms with Crippen LogP contribution in [0.2, 0.25) is 0 Å². The molecule has 118 valence electrons. The zero-order chi connectivity index (χ0) is 15.9. The van der Waals surface area contributed by atoms with Crippen LogP contribution in [0.3, 0.4) is 0 Å². The van der Waals surface area contributed by atoms with Gasteiger partial charge in [0.2, 0.25) is 0 Å². The highest BCUT2D eigenvalue weighted by Crippen LogP contribution is 2.26. The van der Waals surface area contributed by atoms with Crippen LogP contribution in [0.4, 0.5) is 0 Å². The summed E-state index contributed by atoms with van der Waals surface area (Å²) in [6.45, 7) is 0.214. The molecule has 0 bridgehead atoms. The summed E-state index contributed by atoms with van der Waals surface area (Å²) in [6, 6.07) is 6.93. The fourth-order valence-electron chi connectivity index (χ4n) is 2.91. The third-order valence-electron chi connectivity index (χ3n) is 4.23. The molecule has 1 aliphatic rings. The Balaban J connectivity index is 1.92. The van der Waals surface area contributed by atoms with Gasteiger partial charge in [0.1, 0.15) is 5.75 Å². The van der Waals surface area contributed by atoms with Gasteiger partial charge in [-0.25, -0.2) is 8.42 Å². The molecular weight excluding hydrogens is 304 g/mol. The highest BCUT2D eigenvalue weighted by atomic mass is 32.2. The maximum atomic E-state index is 12.2. The first-order chi connectivity index (χ1) is 10.4. The molecule has 22 heavy (non-hydrogen) atoms. The van der Waals surface area contributed by atoms with E-state index in [1.165, 1.54) is 0 Å². The van der Waals surface area contributed by atoms with E-state index in [2.05, 4.69) is 4.98 Å². The highest BCUT2D eigenvalue weighted by molar-refractivity contribution is 7.91. The summed E-state index contributed by atoms with van der Waals surface area (Å²) < 4.78 is 23.1. The number of benzene rings is 1. The molecule has 2 N–H and O–H groups in total. The minimum atomic E-state index is -2.98. The van der Waals surface area contributed by atoms with E-state index in [1.54, 1.807) is 31.3 Å². The van der Waals surface area contributed by atoms with Crippen LogP contribution in [0.15, 0.2) is 29.1 Å². The van der Waals surface area contributed by atoms with Crippen LogP contribution in [-0.2, 0) is 16.4 Å². The Morgan fingerprint density at radius 1 is 1.36 bits per heavy atom. The number of pyridine rings is 1. The third kappa shape index (κ3) is 2.74. The predicted octanol–water partition coefficient (Wildman–Crippen LogP) is 0.853. The molecule has 6 nitrogen and oxygen atoms in total. The Kier molecular flexibility index (Phi) is 3.70. The van der Waals surface area contributed by atoms with Gasteiger partial charge in [-0.05, 0) is 25.6 Å². The number of aromatic amines is 1. The SMILES string of the molecule is CN(Cc1c(O)c2ccccc2[nH]c1=O)[C@@H]1CCS(=O)(=O)C1. The van der Waals surface area contributed by atoms with Crippen molar-refractivity contribution in [3.05, 3.63) is 40.2 Å². The first-order valence-corrected chi connectivity index (χ1v) is 8.93. The Morgan fingerprint density at radius 3 is 2.77 bits per heavy atom. The Hall–Kier alpha value is -1.86. The van der Waals surface area contributed by atoms with Gasteiger partial charge in [0.25, 0.3) is 5.56 Å². The van der Waals surface area contributed by atoms with Crippen LogP contribution in [-0.4, -0.2) is 48.0 Å². The Morgan fingerprint density at radius 2 is 2.09 bits per heavy atom. The number of fused-ring (bicyclic) bond motifs is 1. The Labute approximate surface area is 128 Å². The smallest absolute Gasteiger partial charge is 0.256 e. The van der Waals surface area contributed by atoms with E-state index in [1.807, 2.05) is 4.90 Å².